The Morgan fingerprint density at radius 2 is 0.841 bits per heavy atom. The van der Waals surface area contributed by atoms with Gasteiger partial charge in [0.25, 0.3) is 0 Å². The van der Waals surface area contributed by atoms with Gasteiger partial charge in [0.1, 0.15) is 0 Å². The molecule has 0 spiro atoms. The fraction of sp³-hybridized carbons (Fsp3) is 0.220. The van der Waals surface area contributed by atoms with Gasteiger partial charge in [0.05, 0.1) is 0 Å². The Morgan fingerprint density at radius 1 is 0.500 bits per heavy atom. The predicted molar refractivity (Wildman–Crippen MR) is 183 cm³/mol. The van der Waals surface area contributed by atoms with Gasteiger partial charge in [-0.3, -0.25) is 0 Å². The second-order valence-electron chi connectivity index (χ2n) is 10.5. The normalized spacial score (nSPS) is 9.95. The SMILES string of the molecule is CCc1ccc(-c2cccc3[cH-]c(CC)cc23)cc1.CCc1ccc(-c2cccc3[cH-]c(CC)cc23)cc1.[CH2-]C[CH2-].[Cl-].[Cl-].[Zr+2]. The Morgan fingerprint density at radius 3 is 1.14 bits per heavy atom. The van der Waals surface area contributed by atoms with E-state index in [0.29, 0.717) is 0 Å². The molecule has 230 valence electrons. The standard InChI is InChI=1S/2C19H19.C3H6.2ClH.Zr/c2*1-3-14-8-10-16(11-9-14)18-7-5-6-17-12-15(4-2)13-19(17)18;1-3-2;;;/h2*5-13H,3-4H2,1-2H3;1-3H2;2*1H;/q2*-1;-2;;;+2/p-2. The van der Waals surface area contributed by atoms with Crippen molar-refractivity contribution in [2.75, 3.05) is 0 Å². The van der Waals surface area contributed by atoms with Crippen molar-refractivity contribution < 1.29 is 51.0 Å². The van der Waals surface area contributed by atoms with E-state index in [-0.39, 0.29) is 51.0 Å². The van der Waals surface area contributed by atoms with Crippen molar-refractivity contribution in [3.05, 3.63) is 145 Å². The van der Waals surface area contributed by atoms with E-state index >= 15 is 0 Å². The van der Waals surface area contributed by atoms with Gasteiger partial charge in [0.15, 0.2) is 0 Å². The molecule has 6 aromatic rings. The van der Waals surface area contributed by atoms with Gasteiger partial charge in [-0.2, -0.15) is 12.1 Å². The number of rotatable bonds is 6. The summed E-state index contributed by atoms with van der Waals surface area (Å²) < 4.78 is 0. The Kier molecular flexibility index (Phi) is 17.9. The van der Waals surface area contributed by atoms with Crippen LogP contribution in [0.3, 0.4) is 0 Å². The fourth-order valence-corrected chi connectivity index (χ4v) is 5.35. The molecule has 0 aliphatic rings. The molecule has 6 aromatic carbocycles. The number of hydrogen-bond donors (Lipinski definition) is 0. The average molecular weight is 699 g/mol. The smallest absolute Gasteiger partial charge is 1.00 e. The van der Waals surface area contributed by atoms with E-state index in [0.717, 1.165) is 32.1 Å². The van der Waals surface area contributed by atoms with E-state index in [1.807, 2.05) is 0 Å². The molecule has 0 radical (unpaired) electrons. The number of hydrogen-bond acceptors (Lipinski definition) is 0. The predicted octanol–water partition coefficient (Wildman–Crippen LogP) is 5.75. The average Bonchev–Trinajstić information content (AvgIpc) is 3.66. The van der Waals surface area contributed by atoms with Crippen LogP contribution in [0.15, 0.2) is 109 Å². The van der Waals surface area contributed by atoms with Gasteiger partial charge >= 0.3 is 26.2 Å². The molecule has 0 amide bonds. The van der Waals surface area contributed by atoms with Crippen LogP contribution in [0.25, 0.3) is 43.8 Å². The maximum Gasteiger partial charge on any atom is 2.00 e. The molecule has 0 fully saturated rings. The first-order valence-electron chi connectivity index (χ1n) is 15.2. The molecule has 0 aliphatic carbocycles. The fourth-order valence-electron chi connectivity index (χ4n) is 5.35. The molecule has 0 saturated carbocycles. The van der Waals surface area contributed by atoms with Gasteiger partial charge in [-0.1, -0.05) is 99.5 Å². The van der Waals surface area contributed by atoms with E-state index in [2.05, 4.69) is 151 Å². The first-order chi connectivity index (χ1) is 20.0. The molecule has 0 heterocycles. The molecule has 0 N–H and O–H groups in total. The quantitative estimate of drug-likeness (QED) is 0.195. The van der Waals surface area contributed by atoms with Crippen molar-refractivity contribution in [2.45, 2.75) is 59.8 Å². The molecule has 0 saturated heterocycles. The zero-order valence-electron chi connectivity index (χ0n) is 26.6. The largest absolute Gasteiger partial charge is 2.00 e. The number of fused-ring (bicyclic) bond motifs is 2. The summed E-state index contributed by atoms with van der Waals surface area (Å²) in [6, 6.07) is 40.4. The third kappa shape index (κ3) is 9.78. The monoisotopic (exact) mass is 696 g/mol. The molecule has 0 bridgehead atoms. The molecule has 6 rings (SSSR count). The summed E-state index contributed by atoms with van der Waals surface area (Å²) in [5, 5.41) is 5.47. The maximum atomic E-state index is 3.38. The topological polar surface area (TPSA) is 0 Å². The summed E-state index contributed by atoms with van der Waals surface area (Å²) in [5.74, 6) is 0. The van der Waals surface area contributed by atoms with Crippen molar-refractivity contribution in [2.24, 2.45) is 0 Å². The van der Waals surface area contributed by atoms with Crippen molar-refractivity contribution >= 4 is 21.5 Å². The molecule has 0 unspecified atom stereocenters. The van der Waals surface area contributed by atoms with Crippen LogP contribution < -0.4 is 24.8 Å². The van der Waals surface area contributed by atoms with Crippen LogP contribution in [0, 0.1) is 13.8 Å². The zero-order valence-corrected chi connectivity index (χ0v) is 30.6. The summed E-state index contributed by atoms with van der Waals surface area (Å²) in [6.45, 7) is 15.6. The molecule has 3 heteroatoms. The van der Waals surface area contributed by atoms with Gasteiger partial charge in [-0.05, 0) is 47.9 Å². The van der Waals surface area contributed by atoms with Gasteiger partial charge in [0, 0.05) is 0 Å². The van der Waals surface area contributed by atoms with E-state index in [1.165, 1.54) is 66.1 Å². The molecule has 0 atom stereocenters. The van der Waals surface area contributed by atoms with Crippen LogP contribution in [0.4, 0.5) is 0 Å². The molecular weight excluding hydrogens is 655 g/mol. The molecule has 0 aromatic heterocycles. The Bertz CT molecular complexity index is 1530. The number of halogens is 2. The minimum absolute atomic E-state index is 0. The Labute approximate surface area is 298 Å². The van der Waals surface area contributed by atoms with Crippen molar-refractivity contribution in [3.8, 4) is 22.3 Å². The zero-order chi connectivity index (χ0) is 29.2. The third-order valence-corrected chi connectivity index (χ3v) is 7.78. The number of benzene rings is 4. The van der Waals surface area contributed by atoms with Crippen LogP contribution in [0.5, 0.6) is 0 Å². The summed E-state index contributed by atoms with van der Waals surface area (Å²) in [5.41, 5.74) is 11.0. The molecule has 0 nitrogen and oxygen atoms in total. The van der Waals surface area contributed by atoms with E-state index in [4.69, 9.17) is 0 Å². The van der Waals surface area contributed by atoms with Gasteiger partial charge < -0.3 is 45.1 Å². The second kappa shape index (κ2) is 19.8. The van der Waals surface area contributed by atoms with Crippen LogP contribution in [-0.4, -0.2) is 0 Å². The van der Waals surface area contributed by atoms with Crippen LogP contribution in [0.1, 0.15) is 56.4 Å². The van der Waals surface area contributed by atoms with Gasteiger partial charge in [0.2, 0.25) is 0 Å². The minimum atomic E-state index is 0. The van der Waals surface area contributed by atoms with Crippen molar-refractivity contribution in [1.82, 2.24) is 0 Å². The van der Waals surface area contributed by atoms with Gasteiger partial charge in [-0.25, -0.2) is 0 Å². The molecule has 44 heavy (non-hydrogen) atoms. The first kappa shape index (κ1) is 39.6. The summed E-state index contributed by atoms with van der Waals surface area (Å²) in [6.07, 6.45) is 5.15. The second-order valence-corrected chi connectivity index (χ2v) is 10.5. The van der Waals surface area contributed by atoms with E-state index in [1.54, 1.807) is 0 Å². The van der Waals surface area contributed by atoms with Crippen molar-refractivity contribution in [3.63, 3.8) is 0 Å². The van der Waals surface area contributed by atoms with E-state index in [9.17, 15) is 0 Å². The maximum absolute atomic E-state index is 3.38. The van der Waals surface area contributed by atoms with Gasteiger partial charge in [-0.15, -0.1) is 69.1 Å². The minimum Gasteiger partial charge on any atom is -1.00 e. The molecular formula is C41H44Cl2Zr-4. The number of aryl methyl sites for hydroxylation is 4. The summed E-state index contributed by atoms with van der Waals surface area (Å²) in [7, 11) is 0. The van der Waals surface area contributed by atoms with Crippen LogP contribution >= 0.6 is 0 Å². The summed E-state index contributed by atoms with van der Waals surface area (Å²) in [4.78, 5) is 0. The van der Waals surface area contributed by atoms with E-state index < -0.39 is 0 Å². The Balaban J connectivity index is 0.000000380. The first-order valence-corrected chi connectivity index (χ1v) is 15.2. The van der Waals surface area contributed by atoms with Crippen LogP contribution in [0.2, 0.25) is 0 Å². The van der Waals surface area contributed by atoms with Crippen LogP contribution in [-0.2, 0) is 51.9 Å². The third-order valence-electron chi connectivity index (χ3n) is 7.78. The summed E-state index contributed by atoms with van der Waals surface area (Å²) >= 11 is 0. The molecule has 0 aliphatic heterocycles. The Hall–Kier alpha value is -2.44. The van der Waals surface area contributed by atoms with Crippen molar-refractivity contribution in [1.29, 1.82) is 0 Å².